The molecule has 0 unspecified atom stereocenters. The maximum absolute atomic E-state index is 12.6. The molecule has 0 saturated carbocycles. The summed E-state index contributed by atoms with van der Waals surface area (Å²) in [6, 6.07) is 7.61. The first-order valence-corrected chi connectivity index (χ1v) is 8.80. The van der Waals surface area contributed by atoms with Crippen molar-refractivity contribution in [2.24, 2.45) is 0 Å². The summed E-state index contributed by atoms with van der Waals surface area (Å²) in [5.74, 6) is -0.353. The third kappa shape index (κ3) is 3.76. The second-order valence-electron chi connectivity index (χ2n) is 6.92. The zero-order chi connectivity index (χ0) is 18.0. The quantitative estimate of drug-likeness (QED) is 0.844. The number of aromatic amines is 1. The molecule has 0 saturated heterocycles. The normalized spacial score (nSPS) is 13.7. The van der Waals surface area contributed by atoms with Gasteiger partial charge in [0.2, 0.25) is 0 Å². The molecule has 1 amide bonds. The Labute approximate surface area is 148 Å². The molecule has 0 aliphatic heterocycles. The Morgan fingerprint density at radius 3 is 2.60 bits per heavy atom. The molecule has 132 valence electrons. The van der Waals surface area contributed by atoms with Crippen molar-refractivity contribution >= 4 is 17.3 Å². The van der Waals surface area contributed by atoms with Gasteiger partial charge in [0.25, 0.3) is 11.5 Å². The number of fused-ring (bicyclic) bond motifs is 1. The molecule has 1 heterocycles. The second kappa shape index (κ2) is 7.13. The van der Waals surface area contributed by atoms with E-state index in [2.05, 4.69) is 10.3 Å². The highest BCUT2D eigenvalue weighted by Gasteiger charge is 2.17. The molecule has 0 spiro atoms. The first-order chi connectivity index (χ1) is 12.0. The number of carbonyl (C=O) groups excluding carboxylic acids is 1. The summed E-state index contributed by atoms with van der Waals surface area (Å²) in [6.07, 6.45) is 5.16. The van der Waals surface area contributed by atoms with Gasteiger partial charge in [-0.3, -0.25) is 9.59 Å². The molecule has 0 bridgehead atoms. The van der Waals surface area contributed by atoms with E-state index in [0.717, 1.165) is 60.3 Å². The molecule has 1 aliphatic carbocycles. The number of amides is 1. The zero-order valence-electron chi connectivity index (χ0n) is 15.1. The van der Waals surface area contributed by atoms with E-state index < -0.39 is 0 Å². The summed E-state index contributed by atoms with van der Waals surface area (Å²) in [7, 11) is 3.95. The lowest BCUT2D eigenvalue weighted by Gasteiger charge is -2.15. The summed E-state index contributed by atoms with van der Waals surface area (Å²) < 4.78 is 0. The highest BCUT2D eigenvalue weighted by atomic mass is 16.2. The standard InChI is InChI=1S/C20H25N3O2/c1-13-11-15(23(2)3)9-10-17(13)21-19(24)16-12-14-7-5-4-6-8-18(14)22-20(16)25/h9-12H,4-8H2,1-3H3,(H,21,24)(H,22,25). The Hall–Kier alpha value is -2.56. The molecular weight excluding hydrogens is 314 g/mol. The average Bonchev–Trinajstić information content (AvgIpc) is 2.80. The van der Waals surface area contributed by atoms with Crippen molar-refractivity contribution in [2.75, 3.05) is 24.3 Å². The molecule has 0 radical (unpaired) electrons. The summed E-state index contributed by atoms with van der Waals surface area (Å²) in [4.78, 5) is 29.9. The molecule has 2 aromatic rings. The van der Waals surface area contributed by atoms with Crippen molar-refractivity contribution in [3.63, 3.8) is 0 Å². The van der Waals surface area contributed by atoms with Crippen LogP contribution in [0.25, 0.3) is 0 Å². The van der Waals surface area contributed by atoms with Crippen LogP contribution in [0.3, 0.4) is 0 Å². The van der Waals surface area contributed by atoms with Gasteiger partial charge in [-0.15, -0.1) is 0 Å². The van der Waals surface area contributed by atoms with Crippen molar-refractivity contribution in [1.82, 2.24) is 4.98 Å². The van der Waals surface area contributed by atoms with Gasteiger partial charge in [-0.25, -0.2) is 0 Å². The predicted octanol–water partition coefficient (Wildman–Crippen LogP) is 3.27. The number of rotatable bonds is 3. The molecule has 0 atom stereocenters. The molecule has 1 aromatic carbocycles. The Kier molecular flexibility index (Phi) is 4.93. The molecule has 1 aliphatic rings. The van der Waals surface area contributed by atoms with E-state index in [4.69, 9.17) is 0 Å². The van der Waals surface area contributed by atoms with Gasteiger partial charge in [0.15, 0.2) is 0 Å². The number of hydrogen-bond donors (Lipinski definition) is 2. The lowest BCUT2D eigenvalue weighted by atomic mass is 10.1. The minimum absolute atomic E-state index is 0.191. The maximum Gasteiger partial charge on any atom is 0.261 e. The second-order valence-corrected chi connectivity index (χ2v) is 6.92. The molecular formula is C20H25N3O2. The van der Waals surface area contributed by atoms with Crippen LogP contribution >= 0.6 is 0 Å². The van der Waals surface area contributed by atoms with Crippen molar-refractivity contribution < 1.29 is 4.79 Å². The lowest BCUT2D eigenvalue weighted by molar-refractivity contribution is 0.102. The third-order valence-electron chi connectivity index (χ3n) is 4.81. The van der Waals surface area contributed by atoms with Gasteiger partial charge in [0.05, 0.1) is 0 Å². The minimum Gasteiger partial charge on any atom is -0.378 e. The van der Waals surface area contributed by atoms with Crippen molar-refractivity contribution in [3.8, 4) is 0 Å². The summed E-state index contributed by atoms with van der Waals surface area (Å²) in [5, 5.41) is 2.88. The van der Waals surface area contributed by atoms with Crippen molar-refractivity contribution in [3.05, 3.63) is 57.0 Å². The van der Waals surface area contributed by atoms with Crippen LogP contribution in [-0.4, -0.2) is 25.0 Å². The van der Waals surface area contributed by atoms with Gasteiger partial charge in [-0.1, -0.05) is 6.42 Å². The maximum atomic E-state index is 12.6. The number of benzene rings is 1. The van der Waals surface area contributed by atoms with E-state index in [-0.39, 0.29) is 17.0 Å². The van der Waals surface area contributed by atoms with E-state index in [0.29, 0.717) is 0 Å². The molecule has 5 nitrogen and oxygen atoms in total. The fourth-order valence-electron chi connectivity index (χ4n) is 3.28. The Balaban J connectivity index is 1.87. The predicted molar refractivity (Wildman–Crippen MR) is 102 cm³/mol. The number of pyridine rings is 1. The lowest BCUT2D eigenvalue weighted by Crippen LogP contribution is -2.25. The van der Waals surface area contributed by atoms with Crippen LogP contribution < -0.4 is 15.8 Å². The van der Waals surface area contributed by atoms with E-state index in [1.807, 2.05) is 44.1 Å². The van der Waals surface area contributed by atoms with Crippen molar-refractivity contribution in [1.29, 1.82) is 0 Å². The summed E-state index contributed by atoms with van der Waals surface area (Å²) in [5.41, 5.74) is 4.74. The number of H-pyrrole nitrogens is 1. The van der Waals surface area contributed by atoms with Crippen LogP contribution in [0.1, 0.15) is 46.4 Å². The molecule has 3 rings (SSSR count). The number of anilines is 2. The Morgan fingerprint density at radius 2 is 1.88 bits per heavy atom. The third-order valence-corrected chi connectivity index (χ3v) is 4.81. The van der Waals surface area contributed by atoms with Crippen LogP contribution in [0.2, 0.25) is 0 Å². The molecule has 5 heteroatoms. The molecule has 25 heavy (non-hydrogen) atoms. The van der Waals surface area contributed by atoms with E-state index >= 15 is 0 Å². The molecule has 1 aromatic heterocycles. The minimum atomic E-state index is -0.353. The van der Waals surface area contributed by atoms with Gasteiger partial charge < -0.3 is 15.2 Å². The van der Waals surface area contributed by atoms with E-state index in [9.17, 15) is 9.59 Å². The highest BCUT2D eigenvalue weighted by molar-refractivity contribution is 6.04. The van der Waals surface area contributed by atoms with Gasteiger partial charge >= 0.3 is 0 Å². The van der Waals surface area contributed by atoms with Crippen molar-refractivity contribution in [2.45, 2.75) is 39.0 Å². The summed E-state index contributed by atoms with van der Waals surface area (Å²) >= 11 is 0. The van der Waals surface area contributed by atoms with Crippen LogP contribution in [0.15, 0.2) is 29.1 Å². The zero-order valence-corrected chi connectivity index (χ0v) is 15.1. The van der Waals surface area contributed by atoms with Crippen LogP contribution in [-0.2, 0) is 12.8 Å². The highest BCUT2D eigenvalue weighted by Crippen LogP contribution is 2.22. The van der Waals surface area contributed by atoms with Gasteiger partial charge in [0.1, 0.15) is 5.56 Å². The van der Waals surface area contributed by atoms with Crippen LogP contribution in [0.5, 0.6) is 0 Å². The fraction of sp³-hybridized carbons (Fsp3) is 0.400. The number of carbonyl (C=O) groups is 1. The summed E-state index contributed by atoms with van der Waals surface area (Å²) in [6.45, 7) is 1.95. The number of nitrogens with one attached hydrogen (secondary N) is 2. The first kappa shape index (κ1) is 17.3. The topological polar surface area (TPSA) is 65.2 Å². The molecule has 0 fully saturated rings. The average molecular weight is 339 g/mol. The smallest absolute Gasteiger partial charge is 0.261 e. The van der Waals surface area contributed by atoms with E-state index in [1.165, 1.54) is 0 Å². The Morgan fingerprint density at radius 1 is 1.12 bits per heavy atom. The van der Waals surface area contributed by atoms with Gasteiger partial charge in [-0.2, -0.15) is 0 Å². The van der Waals surface area contributed by atoms with E-state index in [1.54, 1.807) is 6.07 Å². The SMILES string of the molecule is Cc1cc(N(C)C)ccc1NC(=O)c1cc2c([nH]c1=O)CCCCC2. The number of nitrogens with zero attached hydrogens (tertiary/aromatic N) is 1. The number of hydrogen-bond acceptors (Lipinski definition) is 3. The monoisotopic (exact) mass is 339 g/mol. The first-order valence-electron chi connectivity index (χ1n) is 8.80. The fourth-order valence-corrected chi connectivity index (χ4v) is 3.28. The van der Waals surface area contributed by atoms with Crippen LogP contribution in [0.4, 0.5) is 11.4 Å². The number of aryl methyl sites for hydroxylation is 3. The Bertz CT molecular complexity index is 853. The van der Waals surface area contributed by atoms with Gasteiger partial charge in [-0.05, 0) is 68.0 Å². The largest absolute Gasteiger partial charge is 0.378 e. The number of aromatic nitrogens is 1. The van der Waals surface area contributed by atoms with Gasteiger partial charge in [0, 0.05) is 31.2 Å². The molecule has 2 N–H and O–H groups in total. The van der Waals surface area contributed by atoms with Crippen LogP contribution in [0, 0.1) is 6.92 Å².